The Kier molecular flexibility index (Phi) is 6.79. The van der Waals surface area contributed by atoms with Crippen LogP contribution in [0, 0.1) is 11.8 Å². The lowest BCUT2D eigenvalue weighted by Gasteiger charge is -2.32. The fourth-order valence-electron chi connectivity index (χ4n) is 3.12. The zero-order chi connectivity index (χ0) is 18.4. The van der Waals surface area contributed by atoms with Gasteiger partial charge in [-0.1, -0.05) is 44.2 Å². The van der Waals surface area contributed by atoms with Crippen LogP contribution in [0.5, 0.6) is 0 Å². The zero-order valence-electron chi connectivity index (χ0n) is 15.3. The van der Waals surface area contributed by atoms with E-state index in [1.807, 2.05) is 37.4 Å². The molecule has 138 valence electrons. The second-order valence-electron chi connectivity index (χ2n) is 7.04. The van der Waals surface area contributed by atoms with Gasteiger partial charge in [-0.3, -0.25) is 4.79 Å². The van der Waals surface area contributed by atoms with Gasteiger partial charge in [0.25, 0.3) is 0 Å². The van der Waals surface area contributed by atoms with E-state index in [9.17, 15) is 13.2 Å². The Morgan fingerprint density at radius 1 is 1.24 bits per heavy atom. The van der Waals surface area contributed by atoms with Crippen molar-refractivity contribution in [3.63, 3.8) is 0 Å². The highest BCUT2D eigenvalue weighted by atomic mass is 32.2. The zero-order valence-corrected chi connectivity index (χ0v) is 16.1. The van der Waals surface area contributed by atoms with Crippen LogP contribution in [0.2, 0.25) is 0 Å². The lowest BCUT2D eigenvalue weighted by atomic mass is 9.96. The number of nitrogens with zero attached hydrogens (tertiary/aromatic N) is 2. The molecule has 0 saturated carbocycles. The molecule has 5 nitrogen and oxygen atoms in total. The molecule has 0 radical (unpaired) electrons. The van der Waals surface area contributed by atoms with Gasteiger partial charge in [-0.2, -0.15) is 4.31 Å². The number of piperidine rings is 1. The van der Waals surface area contributed by atoms with Crippen molar-refractivity contribution >= 4 is 22.0 Å². The van der Waals surface area contributed by atoms with Gasteiger partial charge in [0.05, 0.1) is 0 Å². The van der Waals surface area contributed by atoms with E-state index in [1.165, 1.54) is 9.71 Å². The molecule has 25 heavy (non-hydrogen) atoms. The van der Waals surface area contributed by atoms with Crippen molar-refractivity contribution in [2.75, 3.05) is 26.7 Å². The molecule has 1 heterocycles. The van der Waals surface area contributed by atoms with Crippen LogP contribution in [-0.2, 0) is 14.8 Å². The maximum atomic E-state index is 12.5. The number of amides is 1. The molecule has 6 heteroatoms. The van der Waals surface area contributed by atoms with Gasteiger partial charge in [0.2, 0.25) is 15.9 Å². The van der Waals surface area contributed by atoms with Crippen molar-refractivity contribution in [2.45, 2.75) is 26.7 Å². The summed E-state index contributed by atoms with van der Waals surface area (Å²) in [6.07, 6.45) is 2.78. The van der Waals surface area contributed by atoms with Crippen molar-refractivity contribution in [2.24, 2.45) is 11.8 Å². The molecule has 1 aromatic rings. The molecule has 0 aromatic heterocycles. The third-order valence-electron chi connectivity index (χ3n) is 4.41. The Hall–Kier alpha value is -1.66. The summed E-state index contributed by atoms with van der Waals surface area (Å²) in [5.74, 6) is 0.483. The van der Waals surface area contributed by atoms with Crippen LogP contribution in [0.15, 0.2) is 35.7 Å². The smallest absolute Gasteiger partial charge is 0.236 e. The maximum Gasteiger partial charge on any atom is 0.236 e. The number of hydrogen-bond donors (Lipinski definition) is 0. The Balaban J connectivity index is 1.92. The highest BCUT2D eigenvalue weighted by Crippen LogP contribution is 2.22. The monoisotopic (exact) mass is 364 g/mol. The van der Waals surface area contributed by atoms with Gasteiger partial charge in [0.1, 0.15) is 0 Å². The van der Waals surface area contributed by atoms with Gasteiger partial charge >= 0.3 is 0 Å². The molecular formula is C19H28N2O3S. The molecule has 0 N–H and O–H groups in total. The molecule has 0 unspecified atom stereocenters. The first-order valence-corrected chi connectivity index (χ1v) is 10.3. The quantitative estimate of drug-likeness (QED) is 0.780. The van der Waals surface area contributed by atoms with Crippen LogP contribution in [0.3, 0.4) is 0 Å². The molecule has 0 bridgehead atoms. The van der Waals surface area contributed by atoms with Crippen LogP contribution >= 0.6 is 0 Å². The van der Waals surface area contributed by atoms with E-state index < -0.39 is 10.0 Å². The summed E-state index contributed by atoms with van der Waals surface area (Å²) < 4.78 is 26.4. The highest BCUT2D eigenvalue weighted by Gasteiger charge is 2.31. The molecule has 0 aliphatic carbocycles. The summed E-state index contributed by atoms with van der Waals surface area (Å²) in [5, 5.41) is 1.26. The van der Waals surface area contributed by atoms with Crippen LogP contribution in [0.25, 0.3) is 6.08 Å². The summed E-state index contributed by atoms with van der Waals surface area (Å²) in [6.45, 7) is 5.69. The van der Waals surface area contributed by atoms with E-state index in [4.69, 9.17) is 0 Å². The minimum Gasteiger partial charge on any atom is -0.345 e. The molecule has 1 amide bonds. The Bertz CT molecular complexity index is 691. The minimum atomic E-state index is -3.44. The van der Waals surface area contributed by atoms with Gasteiger partial charge in [-0.05, 0) is 30.4 Å². The molecule has 0 atom stereocenters. The van der Waals surface area contributed by atoms with Crippen molar-refractivity contribution < 1.29 is 13.2 Å². The second kappa shape index (κ2) is 8.63. The van der Waals surface area contributed by atoms with Crippen molar-refractivity contribution in [3.8, 4) is 0 Å². The van der Waals surface area contributed by atoms with Crippen molar-refractivity contribution in [3.05, 3.63) is 41.3 Å². The van der Waals surface area contributed by atoms with E-state index in [-0.39, 0.29) is 11.8 Å². The minimum absolute atomic E-state index is 0.0756. The summed E-state index contributed by atoms with van der Waals surface area (Å²) in [4.78, 5) is 14.2. The maximum absolute atomic E-state index is 12.5. The Morgan fingerprint density at radius 2 is 1.84 bits per heavy atom. The number of sulfonamides is 1. The topological polar surface area (TPSA) is 57.7 Å². The van der Waals surface area contributed by atoms with Gasteiger partial charge in [-0.15, -0.1) is 0 Å². The van der Waals surface area contributed by atoms with E-state index in [0.717, 1.165) is 12.1 Å². The molecule has 2 rings (SSSR count). The van der Waals surface area contributed by atoms with E-state index in [0.29, 0.717) is 31.8 Å². The fourth-order valence-corrected chi connectivity index (χ4v) is 4.34. The average molecular weight is 365 g/mol. The number of carbonyl (C=O) groups is 1. The summed E-state index contributed by atoms with van der Waals surface area (Å²) in [5.41, 5.74) is 0.853. The van der Waals surface area contributed by atoms with Crippen molar-refractivity contribution in [1.29, 1.82) is 0 Å². The lowest BCUT2D eigenvalue weighted by Crippen LogP contribution is -2.43. The van der Waals surface area contributed by atoms with Crippen LogP contribution in [-0.4, -0.2) is 50.2 Å². The third kappa shape index (κ3) is 5.68. The molecule has 1 aliphatic heterocycles. The lowest BCUT2D eigenvalue weighted by molar-refractivity contribution is -0.135. The molecule has 1 saturated heterocycles. The summed E-state index contributed by atoms with van der Waals surface area (Å²) >= 11 is 0. The number of carbonyl (C=O) groups excluding carboxylic acids is 1. The fraction of sp³-hybridized carbons (Fsp3) is 0.526. The highest BCUT2D eigenvalue weighted by molar-refractivity contribution is 7.92. The standard InChI is InChI=1S/C19H28N2O3S/c1-16(2)15-20(3)19(22)18-9-12-21(13-10-18)25(23,24)14-11-17-7-5-4-6-8-17/h4-8,11,14,16,18H,9-10,12-13,15H2,1-3H3/b14-11+. The van der Waals surface area contributed by atoms with Crippen molar-refractivity contribution in [1.82, 2.24) is 9.21 Å². The Morgan fingerprint density at radius 3 is 2.40 bits per heavy atom. The van der Waals surface area contributed by atoms with Gasteiger partial charge < -0.3 is 4.90 Å². The summed E-state index contributed by atoms with van der Waals surface area (Å²) in [7, 11) is -1.61. The molecule has 1 aromatic carbocycles. The molecular weight excluding hydrogens is 336 g/mol. The number of rotatable bonds is 6. The van der Waals surface area contributed by atoms with Crippen LogP contribution in [0.4, 0.5) is 0 Å². The molecule has 1 aliphatic rings. The second-order valence-corrected chi connectivity index (χ2v) is 8.86. The van der Waals surface area contributed by atoms with E-state index >= 15 is 0 Å². The number of benzene rings is 1. The van der Waals surface area contributed by atoms with E-state index in [1.54, 1.807) is 11.0 Å². The molecule has 1 fully saturated rings. The SMILES string of the molecule is CC(C)CN(C)C(=O)C1CCN(S(=O)(=O)/C=C/c2ccccc2)CC1. The van der Waals surface area contributed by atoms with E-state index in [2.05, 4.69) is 13.8 Å². The molecule has 0 spiro atoms. The third-order valence-corrected chi connectivity index (χ3v) is 5.98. The van der Waals surface area contributed by atoms with Crippen LogP contribution < -0.4 is 0 Å². The first kappa shape index (κ1) is 19.7. The van der Waals surface area contributed by atoms with Gasteiger partial charge in [-0.25, -0.2) is 8.42 Å². The van der Waals surface area contributed by atoms with Crippen LogP contribution in [0.1, 0.15) is 32.3 Å². The first-order chi connectivity index (χ1) is 11.8. The first-order valence-electron chi connectivity index (χ1n) is 8.78. The summed E-state index contributed by atoms with van der Waals surface area (Å²) in [6, 6.07) is 9.36. The Labute approximate surface area is 151 Å². The van der Waals surface area contributed by atoms with Gasteiger partial charge in [0.15, 0.2) is 0 Å². The van der Waals surface area contributed by atoms with Gasteiger partial charge in [0, 0.05) is 38.0 Å². The predicted molar refractivity (Wildman–Crippen MR) is 101 cm³/mol. The number of hydrogen-bond acceptors (Lipinski definition) is 3. The predicted octanol–water partition coefficient (Wildman–Crippen LogP) is 2.81. The normalized spacial score (nSPS) is 17.3. The average Bonchev–Trinajstić information content (AvgIpc) is 2.60. The largest absolute Gasteiger partial charge is 0.345 e.